The molecule has 6 nitrogen and oxygen atoms in total. The smallest absolute Gasteiger partial charge is 0.286 e. The van der Waals surface area contributed by atoms with E-state index >= 15 is 0 Å². The number of halogens is 1. The van der Waals surface area contributed by atoms with Crippen LogP contribution < -0.4 is 15.4 Å². The van der Waals surface area contributed by atoms with Gasteiger partial charge in [0.25, 0.3) is 5.91 Å². The highest BCUT2D eigenvalue weighted by atomic mass is 19.1. The zero-order chi connectivity index (χ0) is 19.8. The summed E-state index contributed by atoms with van der Waals surface area (Å²) in [7, 11) is 0. The van der Waals surface area contributed by atoms with Crippen molar-refractivity contribution in [3.8, 4) is 5.75 Å². The van der Waals surface area contributed by atoms with E-state index in [1.165, 1.54) is 18.4 Å². The first-order valence-corrected chi connectivity index (χ1v) is 8.69. The van der Waals surface area contributed by atoms with Gasteiger partial charge in [-0.15, -0.1) is 0 Å². The topological polar surface area (TPSA) is 80.6 Å². The fraction of sp³-hybridized carbons (Fsp3) is 0.143. The van der Waals surface area contributed by atoms with Crippen molar-refractivity contribution in [3.05, 3.63) is 84.1 Å². The maximum absolute atomic E-state index is 13.2. The maximum atomic E-state index is 13.2. The molecule has 0 saturated heterocycles. The monoisotopic (exact) mass is 382 g/mol. The third-order valence-electron chi connectivity index (χ3n) is 3.79. The molecule has 1 aromatic heterocycles. The second-order valence-corrected chi connectivity index (χ2v) is 5.98. The van der Waals surface area contributed by atoms with Crippen LogP contribution in [-0.2, 0) is 11.4 Å². The minimum absolute atomic E-state index is 0.121. The normalized spacial score (nSPS) is 10.3. The predicted octanol–water partition coefficient (Wildman–Crippen LogP) is 3.76. The Bertz CT molecular complexity index is 941. The third-order valence-corrected chi connectivity index (χ3v) is 3.79. The van der Waals surface area contributed by atoms with E-state index in [1.54, 1.807) is 42.5 Å². The third kappa shape index (κ3) is 5.70. The molecule has 3 rings (SSSR count). The second-order valence-electron chi connectivity index (χ2n) is 5.98. The van der Waals surface area contributed by atoms with Crippen molar-refractivity contribution in [1.29, 1.82) is 0 Å². The fourth-order valence-corrected chi connectivity index (χ4v) is 2.47. The molecule has 0 bridgehead atoms. The van der Waals surface area contributed by atoms with E-state index in [4.69, 9.17) is 9.15 Å². The number of amides is 2. The summed E-state index contributed by atoms with van der Waals surface area (Å²) >= 11 is 0. The van der Waals surface area contributed by atoms with Crippen LogP contribution in [0.2, 0.25) is 0 Å². The zero-order valence-corrected chi connectivity index (χ0v) is 15.0. The highest BCUT2D eigenvalue weighted by Gasteiger charge is 2.09. The Morgan fingerprint density at radius 3 is 2.68 bits per heavy atom. The van der Waals surface area contributed by atoms with Crippen LogP contribution in [0.1, 0.15) is 22.5 Å². The standard InChI is InChI=1S/C21H19FN2O4/c22-16-5-2-7-18(13-16)28-14-15-4-1-6-17(12-15)24-20(25)9-10-23-21(26)19-8-3-11-27-19/h1-8,11-13H,9-10,14H2,(H,23,26)(H,24,25). The highest BCUT2D eigenvalue weighted by molar-refractivity contribution is 5.93. The Kier molecular flexibility index (Phi) is 6.41. The van der Waals surface area contributed by atoms with Crippen LogP contribution in [-0.4, -0.2) is 18.4 Å². The van der Waals surface area contributed by atoms with Crippen LogP contribution in [0.15, 0.2) is 71.3 Å². The molecule has 0 aliphatic rings. The summed E-state index contributed by atoms with van der Waals surface area (Å²) in [6, 6.07) is 16.2. The van der Waals surface area contributed by atoms with Crippen LogP contribution >= 0.6 is 0 Å². The number of hydrogen-bond donors (Lipinski definition) is 2. The lowest BCUT2D eigenvalue weighted by atomic mass is 10.2. The van der Waals surface area contributed by atoms with E-state index in [2.05, 4.69) is 10.6 Å². The average Bonchev–Trinajstić information content (AvgIpc) is 3.22. The van der Waals surface area contributed by atoms with Gasteiger partial charge in [0, 0.05) is 24.7 Å². The van der Waals surface area contributed by atoms with Gasteiger partial charge < -0.3 is 19.8 Å². The molecule has 2 amide bonds. The van der Waals surface area contributed by atoms with Crippen molar-refractivity contribution in [2.45, 2.75) is 13.0 Å². The Balaban J connectivity index is 1.45. The first-order valence-electron chi connectivity index (χ1n) is 8.69. The highest BCUT2D eigenvalue weighted by Crippen LogP contribution is 2.16. The Labute approximate surface area is 161 Å². The Morgan fingerprint density at radius 1 is 1.04 bits per heavy atom. The van der Waals surface area contributed by atoms with E-state index < -0.39 is 0 Å². The van der Waals surface area contributed by atoms with Gasteiger partial charge in [0.05, 0.1) is 6.26 Å². The van der Waals surface area contributed by atoms with Crippen molar-refractivity contribution in [1.82, 2.24) is 5.32 Å². The van der Waals surface area contributed by atoms with Crippen molar-refractivity contribution in [2.75, 3.05) is 11.9 Å². The first-order chi connectivity index (χ1) is 13.6. The van der Waals surface area contributed by atoms with Crippen molar-refractivity contribution in [2.24, 2.45) is 0 Å². The molecule has 2 aromatic carbocycles. The number of benzene rings is 2. The second kappa shape index (κ2) is 9.36. The molecular weight excluding hydrogens is 363 g/mol. The minimum Gasteiger partial charge on any atom is -0.489 e. The molecule has 0 atom stereocenters. The molecule has 0 radical (unpaired) electrons. The Hall–Kier alpha value is -3.61. The summed E-state index contributed by atoms with van der Waals surface area (Å²) in [6.45, 7) is 0.431. The van der Waals surface area contributed by atoms with E-state index in [9.17, 15) is 14.0 Å². The van der Waals surface area contributed by atoms with Gasteiger partial charge in [0.2, 0.25) is 5.91 Å². The molecule has 0 fully saturated rings. The van der Waals surface area contributed by atoms with Crippen LogP contribution in [0.4, 0.5) is 10.1 Å². The summed E-state index contributed by atoms with van der Waals surface area (Å²) in [5.41, 5.74) is 1.44. The van der Waals surface area contributed by atoms with Crippen LogP contribution in [0.5, 0.6) is 5.75 Å². The lowest BCUT2D eigenvalue weighted by Gasteiger charge is -2.09. The van der Waals surface area contributed by atoms with Crippen LogP contribution in [0.3, 0.4) is 0 Å². The van der Waals surface area contributed by atoms with Gasteiger partial charge in [-0.2, -0.15) is 0 Å². The SMILES string of the molecule is O=C(CCNC(=O)c1ccco1)Nc1cccc(COc2cccc(F)c2)c1. The molecule has 1 heterocycles. The largest absolute Gasteiger partial charge is 0.489 e. The van der Waals surface area contributed by atoms with Gasteiger partial charge in [0.1, 0.15) is 18.2 Å². The van der Waals surface area contributed by atoms with Crippen molar-refractivity contribution >= 4 is 17.5 Å². The number of carbonyl (C=O) groups excluding carboxylic acids is 2. The van der Waals surface area contributed by atoms with Crippen LogP contribution in [0, 0.1) is 5.82 Å². The number of nitrogens with one attached hydrogen (secondary N) is 2. The molecule has 0 unspecified atom stereocenters. The van der Waals surface area contributed by atoms with Crippen LogP contribution in [0.25, 0.3) is 0 Å². The predicted molar refractivity (Wildman–Crippen MR) is 101 cm³/mol. The summed E-state index contributed by atoms with van der Waals surface area (Å²) in [6.07, 6.45) is 1.53. The molecule has 0 aliphatic heterocycles. The number of ether oxygens (including phenoxy) is 1. The van der Waals surface area contributed by atoms with Gasteiger partial charge in [-0.1, -0.05) is 18.2 Å². The Morgan fingerprint density at radius 2 is 1.89 bits per heavy atom. The average molecular weight is 382 g/mol. The number of hydrogen-bond acceptors (Lipinski definition) is 4. The molecule has 0 spiro atoms. The van der Waals surface area contributed by atoms with E-state index in [0.29, 0.717) is 11.4 Å². The molecule has 2 N–H and O–H groups in total. The van der Waals surface area contributed by atoms with Gasteiger partial charge >= 0.3 is 0 Å². The number of carbonyl (C=O) groups is 2. The molecular formula is C21H19FN2O4. The molecule has 144 valence electrons. The van der Waals surface area contributed by atoms with Gasteiger partial charge in [-0.25, -0.2) is 4.39 Å². The lowest BCUT2D eigenvalue weighted by molar-refractivity contribution is -0.116. The summed E-state index contributed by atoms with van der Waals surface area (Å²) in [5, 5.41) is 5.38. The van der Waals surface area contributed by atoms with Crippen molar-refractivity contribution < 1.29 is 23.1 Å². The number of rotatable bonds is 8. The molecule has 7 heteroatoms. The maximum Gasteiger partial charge on any atom is 0.286 e. The van der Waals surface area contributed by atoms with Gasteiger partial charge in [-0.05, 0) is 42.0 Å². The number of furan rings is 1. The molecule has 28 heavy (non-hydrogen) atoms. The van der Waals surface area contributed by atoms with E-state index in [1.807, 2.05) is 6.07 Å². The molecule has 0 aliphatic carbocycles. The fourth-order valence-electron chi connectivity index (χ4n) is 2.47. The van der Waals surface area contributed by atoms with E-state index in [0.717, 1.165) is 5.56 Å². The molecule has 0 saturated carbocycles. The van der Waals surface area contributed by atoms with Gasteiger partial charge in [0.15, 0.2) is 5.76 Å². The quantitative estimate of drug-likeness (QED) is 0.622. The minimum atomic E-state index is -0.366. The van der Waals surface area contributed by atoms with E-state index in [-0.39, 0.29) is 43.0 Å². The first kappa shape index (κ1) is 19.2. The molecule has 3 aromatic rings. The summed E-state index contributed by atoms with van der Waals surface area (Å²) in [4.78, 5) is 23.8. The van der Waals surface area contributed by atoms with Crippen molar-refractivity contribution in [3.63, 3.8) is 0 Å². The van der Waals surface area contributed by atoms with Gasteiger partial charge in [-0.3, -0.25) is 9.59 Å². The summed E-state index contributed by atoms with van der Waals surface area (Å²) < 4.78 is 23.7. The zero-order valence-electron chi connectivity index (χ0n) is 15.0. The number of anilines is 1. The lowest BCUT2D eigenvalue weighted by Crippen LogP contribution is -2.27. The summed E-state index contributed by atoms with van der Waals surface area (Å²) in [5.74, 6) is -0.331.